The van der Waals surface area contributed by atoms with E-state index < -0.39 is 53.2 Å². The first-order valence-electron chi connectivity index (χ1n) is 12.5. The van der Waals surface area contributed by atoms with Crippen LogP contribution in [0.4, 0.5) is 20.6 Å². The van der Waals surface area contributed by atoms with Crippen molar-refractivity contribution in [2.75, 3.05) is 18.4 Å². The van der Waals surface area contributed by atoms with E-state index in [1.165, 1.54) is 30.3 Å². The lowest BCUT2D eigenvalue weighted by atomic mass is 10.0. The Morgan fingerprint density at radius 3 is 2.32 bits per heavy atom. The summed E-state index contributed by atoms with van der Waals surface area (Å²) in [7, 11) is 0. The maximum absolute atomic E-state index is 13.7. The summed E-state index contributed by atoms with van der Waals surface area (Å²) < 4.78 is 13.5. The molecule has 1 saturated heterocycles. The number of halogens is 1. The number of carboxylic acid groups (broad SMARTS) is 1. The fourth-order valence-electron chi connectivity index (χ4n) is 4.46. The van der Waals surface area contributed by atoms with Gasteiger partial charge in [-0.1, -0.05) is 29.8 Å². The van der Waals surface area contributed by atoms with Gasteiger partial charge in [-0.15, -0.1) is 0 Å². The minimum atomic E-state index is -1.51. The largest absolute Gasteiger partial charge is 0.481 e. The smallest absolute Gasteiger partial charge is 0.323 e. The van der Waals surface area contributed by atoms with Crippen LogP contribution >= 0.6 is 0 Å². The topological polar surface area (TPSA) is 162 Å². The molecule has 1 aliphatic rings. The van der Waals surface area contributed by atoms with E-state index in [0.29, 0.717) is 5.69 Å². The number of aliphatic carboxylic acids is 1. The molecule has 41 heavy (non-hydrogen) atoms. The molecule has 0 bridgehead atoms. The quantitative estimate of drug-likeness (QED) is 0.278. The van der Waals surface area contributed by atoms with Gasteiger partial charge in [0.15, 0.2) is 6.17 Å². The van der Waals surface area contributed by atoms with E-state index in [9.17, 15) is 38.8 Å². The molecule has 2 unspecified atom stereocenters. The molecule has 212 valence electrons. The highest BCUT2D eigenvalue weighted by atomic mass is 19.1. The maximum Gasteiger partial charge on any atom is 0.323 e. The fraction of sp³-hybridized carbons (Fsp3) is 0.214. The zero-order valence-corrected chi connectivity index (χ0v) is 21.8. The minimum absolute atomic E-state index is 0.0386. The standard InChI is InChI=1S/C28H26FN5O7/c1-17-5-11-21(12-6-17)30-28(39)33-14-13-32(27(38)18-7-9-20(29)10-8-18)26(33)25(37)31-23(16-24(35)36)19-3-2-4-22(15-19)34(40)41/h2-12,15,23,26H,13-14,16H2,1H3,(H,30,39)(H,31,37)(H,35,36). The number of hydrogen-bond acceptors (Lipinski definition) is 6. The van der Waals surface area contributed by atoms with Crippen LogP contribution in [0.3, 0.4) is 0 Å². The Morgan fingerprint density at radius 2 is 1.68 bits per heavy atom. The van der Waals surface area contributed by atoms with Gasteiger partial charge < -0.3 is 20.6 Å². The molecule has 1 aliphatic heterocycles. The molecule has 0 aliphatic carbocycles. The molecule has 3 aromatic rings. The van der Waals surface area contributed by atoms with E-state index in [4.69, 9.17) is 0 Å². The van der Waals surface area contributed by atoms with Gasteiger partial charge in [0.25, 0.3) is 17.5 Å². The molecule has 0 radical (unpaired) electrons. The number of anilines is 1. The molecule has 0 saturated carbocycles. The number of aryl methyl sites for hydroxylation is 1. The third-order valence-electron chi connectivity index (χ3n) is 6.50. The number of nitrogens with one attached hydrogen (secondary N) is 2. The van der Waals surface area contributed by atoms with Crippen LogP contribution in [0.5, 0.6) is 0 Å². The Morgan fingerprint density at radius 1 is 1.02 bits per heavy atom. The van der Waals surface area contributed by atoms with Crippen LogP contribution in [0.25, 0.3) is 0 Å². The number of rotatable bonds is 8. The second kappa shape index (κ2) is 12.2. The SMILES string of the molecule is Cc1ccc(NC(=O)N2CCN(C(=O)c3ccc(F)cc3)C2C(=O)NC(CC(=O)O)c2cccc([N+](=O)[O-])c2)cc1. The lowest BCUT2D eigenvalue weighted by molar-refractivity contribution is -0.384. The Hall–Kier alpha value is -5.33. The Labute approximate surface area is 233 Å². The number of nitro benzene ring substituents is 1. The molecule has 0 spiro atoms. The molecule has 4 amide bonds. The van der Waals surface area contributed by atoms with Crippen molar-refractivity contribution >= 4 is 35.2 Å². The van der Waals surface area contributed by atoms with Crippen LogP contribution in [-0.2, 0) is 9.59 Å². The average Bonchev–Trinajstić information content (AvgIpc) is 3.39. The highest BCUT2D eigenvalue weighted by Gasteiger charge is 2.44. The second-order valence-corrected chi connectivity index (χ2v) is 9.38. The number of non-ortho nitro benzene ring substituents is 1. The number of amides is 4. The van der Waals surface area contributed by atoms with E-state index in [1.54, 1.807) is 24.3 Å². The Kier molecular flexibility index (Phi) is 8.56. The number of urea groups is 1. The highest BCUT2D eigenvalue weighted by molar-refractivity contribution is 6.00. The molecule has 13 heteroatoms. The van der Waals surface area contributed by atoms with E-state index in [0.717, 1.165) is 33.6 Å². The van der Waals surface area contributed by atoms with Crippen LogP contribution in [-0.4, -0.2) is 62.9 Å². The summed E-state index contributed by atoms with van der Waals surface area (Å²) in [6.45, 7) is 1.79. The lowest BCUT2D eigenvalue weighted by Gasteiger charge is -2.31. The average molecular weight is 564 g/mol. The number of carbonyl (C=O) groups excluding carboxylic acids is 3. The number of nitro groups is 1. The van der Waals surface area contributed by atoms with Crippen molar-refractivity contribution < 1.29 is 33.6 Å². The zero-order chi connectivity index (χ0) is 29.7. The van der Waals surface area contributed by atoms with Crippen LogP contribution in [0, 0.1) is 22.9 Å². The summed E-state index contributed by atoms with van der Waals surface area (Å²) in [5.41, 5.74) is 1.33. The third kappa shape index (κ3) is 6.82. The number of carboxylic acids is 1. The van der Waals surface area contributed by atoms with Crippen LogP contribution in [0.15, 0.2) is 72.8 Å². The summed E-state index contributed by atoms with van der Waals surface area (Å²) in [6, 6.07) is 14.8. The molecule has 12 nitrogen and oxygen atoms in total. The van der Waals surface area contributed by atoms with Gasteiger partial charge in [-0.2, -0.15) is 0 Å². The second-order valence-electron chi connectivity index (χ2n) is 9.38. The molecule has 4 rings (SSSR count). The normalized spacial score (nSPS) is 15.2. The zero-order valence-electron chi connectivity index (χ0n) is 21.8. The van der Waals surface area contributed by atoms with Crippen molar-refractivity contribution in [2.45, 2.75) is 25.6 Å². The predicted molar refractivity (Wildman–Crippen MR) is 144 cm³/mol. The van der Waals surface area contributed by atoms with Crippen molar-refractivity contribution in [1.82, 2.24) is 15.1 Å². The van der Waals surface area contributed by atoms with Crippen molar-refractivity contribution in [1.29, 1.82) is 0 Å². The Balaban J connectivity index is 1.66. The van der Waals surface area contributed by atoms with Gasteiger partial charge in [-0.3, -0.25) is 29.4 Å². The van der Waals surface area contributed by atoms with Crippen LogP contribution in [0.2, 0.25) is 0 Å². The lowest BCUT2D eigenvalue weighted by Crippen LogP contribution is -2.55. The summed E-state index contributed by atoms with van der Waals surface area (Å²) in [5, 5.41) is 26.0. The molecule has 0 aromatic heterocycles. The van der Waals surface area contributed by atoms with Gasteiger partial charge in [0.2, 0.25) is 0 Å². The Bertz CT molecular complexity index is 1480. The molecular weight excluding hydrogens is 537 g/mol. The molecule has 2 atom stereocenters. The van der Waals surface area contributed by atoms with Crippen molar-refractivity contribution in [2.24, 2.45) is 0 Å². The first kappa shape index (κ1) is 28.7. The van der Waals surface area contributed by atoms with Gasteiger partial charge in [-0.05, 0) is 48.9 Å². The number of nitrogens with zero attached hydrogens (tertiary/aromatic N) is 3. The molecule has 1 heterocycles. The number of benzene rings is 3. The molecular formula is C28H26FN5O7. The maximum atomic E-state index is 13.7. The number of carbonyl (C=O) groups is 4. The minimum Gasteiger partial charge on any atom is -0.481 e. The molecule has 1 fully saturated rings. The van der Waals surface area contributed by atoms with Crippen molar-refractivity contribution in [3.05, 3.63) is 105 Å². The molecule has 3 N–H and O–H groups in total. The fourth-order valence-corrected chi connectivity index (χ4v) is 4.46. The van der Waals surface area contributed by atoms with Gasteiger partial charge in [0.05, 0.1) is 17.4 Å². The molecule has 3 aromatic carbocycles. The summed E-state index contributed by atoms with van der Waals surface area (Å²) >= 11 is 0. The van der Waals surface area contributed by atoms with Crippen LogP contribution < -0.4 is 10.6 Å². The summed E-state index contributed by atoms with van der Waals surface area (Å²) in [4.78, 5) is 64.9. The number of hydrogen-bond donors (Lipinski definition) is 3. The van der Waals surface area contributed by atoms with Gasteiger partial charge in [0.1, 0.15) is 5.82 Å². The van der Waals surface area contributed by atoms with Crippen LogP contribution in [0.1, 0.15) is 33.9 Å². The van der Waals surface area contributed by atoms with E-state index in [2.05, 4.69) is 10.6 Å². The first-order valence-corrected chi connectivity index (χ1v) is 12.5. The first-order chi connectivity index (χ1) is 19.5. The summed E-state index contributed by atoms with van der Waals surface area (Å²) in [6.07, 6.45) is -2.13. The van der Waals surface area contributed by atoms with Gasteiger partial charge in [-0.25, -0.2) is 9.18 Å². The van der Waals surface area contributed by atoms with Crippen molar-refractivity contribution in [3.8, 4) is 0 Å². The highest BCUT2D eigenvalue weighted by Crippen LogP contribution is 2.25. The van der Waals surface area contributed by atoms with Crippen molar-refractivity contribution in [3.63, 3.8) is 0 Å². The monoisotopic (exact) mass is 563 g/mol. The third-order valence-corrected chi connectivity index (χ3v) is 6.50. The van der Waals surface area contributed by atoms with E-state index >= 15 is 0 Å². The van der Waals surface area contributed by atoms with Gasteiger partial charge >= 0.3 is 12.0 Å². The van der Waals surface area contributed by atoms with E-state index in [1.807, 2.05) is 6.92 Å². The van der Waals surface area contributed by atoms with Gasteiger partial charge in [0, 0.05) is 36.5 Å². The van der Waals surface area contributed by atoms with E-state index in [-0.39, 0.29) is 29.9 Å². The predicted octanol–water partition coefficient (Wildman–Crippen LogP) is 3.69. The summed E-state index contributed by atoms with van der Waals surface area (Å²) in [5.74, 6) is -3.39.